The van der Waals surface area contributed by atoms with Crippen molar-refractivity contribution in [3.05, 3.63) is 71.2 Å². The molecule has 4 aromatic rings. The molecule has 124 valence electrons. The van der Waals surface area contributed by atoms with E-state index in [9.17, 15) is 9.59 Å². The van der Waals surface area contributed by atoms with Crippen LogP contribution in [0.2, 0.25) is 0 Å². The minimum absolute atomic E-state index is 0.0707. The number of nitrogens with one attached hydrogen (secondary N) is 1. The highest BCUT2D eigenvalue weighted by Crippen LogP contribution is 2.10. The molecule has 0 saturated heterocycles. The Hall–Kier alpha value is -3.55. The van der Waals surface area contributed by atoms with Crippen LogP contribution in [0.3, 0.4) is 0 Å². The standard InChI is InChI=1S/C17H14N6O2/c24-16(20-9-12-3-1-2-6-18-12)11-22-8-5-14-13(17(22)25)10-19-15-4-7-21-23(14)15/h1-8,10H,9,11H2,(H,20,24). The molecule has 0 aliphatic carbocycles. The monoisotopic (exact) mass is 334 g/mol. The van der Waals surface area contributed by atoms with Crippen molar-refractivity contribution >= 4 is 22.5 Å². The lowest BCUT2D eigenvalue weighted by Crippen LogP contribution is -2.32. The molecule has 8 heteroatoms. The van der Waals surface area contributed by atoms with Crippen LogP contribution in [0.4, 0.5) is 0 Å². The third-order valence-corrected chi connectivity index (χ3v) is 3.86. The van der Waals surface area contributed by atoms with Gasteiger partial charge in [-0.25, -0.2) is 9.50 Å². The van der Waals surface area contributed by atoms with E-state index < -0.39 is 0 Å². The first-order valence-electron chi connectivity index (χ1n) is 7.71. The van der Waals surface area contributed by atoms with Crippen molar-refractivity contribution in [2.24, 2.45) is 0 Å². The van der Waals surface area contributed by atoms with Gasteiger partial charge in [-0.15, -0.1) is 0 Å². The molecule has 4 heterocycles. The number of hydrogen-bond acceptors (Lipinski definition) is 5. The van der Waals surface area contributed by atoms with Gasteiger partial charge < -0.3 is 9.88 Å². The molecule has 0 unspecified atom stereocenters. The first-order chi connectivity index (χ1) is 12.2. The lowest BCUT2D eigenvalue weighted by molar-refractivity contribution is -0.121. The van der Waals surface area contributed by atoms with E-state index in [1.807, 2.05) is 18.2 Å². The number of hydrogen-bond donors (Lipinski definition) is 1. The summed E-state index contributed by atoms with van der Waals surface area (Å²) in [5.41, 5.74) is 1.80. The van der Waals surface area contributed by atoms with Gasteiger partial charge >= 0.3 is 0 Å². The van der Waals surface area contributed by atoms with Gasteiger partial charge in [-0.05, 0) is 18.2 Å². The van der Waals surface area contributed by atoms with Crippen molar-refractivity contribution in [3.63, 3.8) is 0 Å². The van der Waals surface area contributed by atoms with Gasteiger partial charge in [0.1, 0.15) is 6.54 Å². The van der Waals surface area contributed by atoms with E-state index in [-0.39, 0.29) is 18.0 Å². The molecule has 0 atom stereocenters. The maximum absolute atomic E-state index is 12.6. The zero-order valence-corrected chi connectivity index (χ0v) is 13.2. The van der Waals surface area contributed by atoms with Gasteiger partial charge in [0.15, 0.2) is 5.65 Å². The second kappa shape index (κ2) is 6.16. The Morgan fingerprint density at radius 2 is 2.04 bits per heavy atom. The molecule has 0 bridgehead atoms. The average Bonchev–Trinajstić information content (AvgIpc) is 3.12. The van der Waals surface area contributed by atoms with E-state index in [1.54, 1.807) is 35.2 Å². The number of pyridine rings is 2. The van der Waals surface area contributed by atoms with E-state index in [4.69, 9.17) is 0 Å². The number of carbonyl (C=O) groups is 1. The van der Waals surface area contributed by atoms with E-state index in [2.05, 4.69) is 20.4 Å². The Bertz CT molecular complexity index is 1120. The first-order valence-corrected chi connectivity index (χ1v) is 7.71. The number of amides is 1. The fraction of sp³-hybridized carbons (Fsp3) is 0.118. The summed E-state index contributed by atoms with van der Waals surface area (Å²) in [5, 5.41) is 7.33. The smallest absolute Gasteiger partial charge is 0.262 e. The lowest BCUT2D eigenvalue weighted by Gasteiger charge is -2.08. The number of carbonyl (C=O) groups excluding carboxylic acids is 1. The normalized spacial score (nSPS) is 11.0. The molecule has 4 rings (SSSR count). The van der Waals surface area contributed by atoms with Gasteiger partial charge in [-0.2, -0.15) is 5.10 Å². The van der Waals surface area contributed by atoms with Crippen LogP contribution in [0.1, 0.15) is 5.69 Å². The highest BCUT2D eigenvalue weighted by Gasteiger charge is 2.10. The molecule has 1 amide bonds. The predicted molar refractivity (Wildman–Crippen MR) is 90.8 cm³/mol. The third kappa shape index (κ3) is 2.85. The second-order valence-electron chi connectivity index (χ2n) is 5.50. The van der Waals surface area contributed by atoms with Gasteiger partial charge in [-0.1, -0.05) is 6.07 Å². The summed E-state index contributed by atoms with van der Waals surface area (Å²) in [4.78, 5) is 33.1. The maximum Gasteiger partial charge on any atom is 0.262 e. The molecule has 0 spiro atoms. The third-order valence-electron chi connectivity index (χ3n) is 3.86. The Kier molecular flexibility index (Phi) is 3.70. The van der Waals surface area contributed by atoms with Crippen molar-refractivity contribution in [2.45, 2.75) is 13.1 Å². The summed E-state index contributed by atoms with van der Waals surface area (Å²) in [6.07, 6.45) is 6.39. The van der Waals surface area contributed by atoms with Crippen LogP contribution < -0.4 is 10.9 Å². The topological polar surface area (TPSA) is 94.2 Å². The molecule has 0 aliphatic heterocycles. The Labute approximate surface area is 141 Å². The number of aromatic nitrogens is 5. The molecule has 0 radical (unpaired) electrons. The minimum Gasteiger partial charge on any atom is -0.349 e. The second-order valence-corrected chi connectivity index (χ2v) is 5.50. The van der Waals surface area contributed by atoms with Crippen LogP contribution in [-0.4, -0.2) is 30.1 Å². The fourth-order valence-electron chi connectivity index (χ4n) is 2.63. The van der Waals surface area contributed by atoms with Crippen molar-refractivity contribution in [2.75, 3.05) is 0 Å². The quantitative estimate of drug-likeness (QED) is 0.594. The fourth-order valence-corrected chi connectivity index (χ4v) is 2.63. The molecule has 25 heavy (non-hydrogen) atoms. The molecule has 0 aliphatic rings. The zero-order valence-electron chi connectivity index (χ0n) is 13.2. The average molecular weight is 334 g/mol. The van der Waals surface area contributed by atoms with Crippen molar-refractivity contribution in [3.8, 4) is 0 Å². The summed E-state index contributed by atoms with van der Waals surface area (Å²) >= 11 is 0. The summed E-state index contributed by atoms with van der Waals surface area (Å²) in [6, 6.07) is 9.00. The first kappa shape index (κ1) is 15.0. The van der Waals surface area contributed by atoms with Gasteiger partial charge in [0.2, 0.25) is 5.91 Å². The highest BCUT2D eigenvalue weighted by atomic mass is 16.2. The summed E-state index contributed by atoms with van der Waals surface area (Å²) in [6.45, 7) is 0.246. The molecule has 4 aromatic heterocycles. The largest absolute Gasteiger partial charge is 0.349 e. The lowest BCUT2D eigenvalue weighted by atomic mass is 10.3. The summed E-state index contributed by atoms with van der Waals surface area (Å²) in [7, 11) is 0. The molecular formula is C17H14N6O2. The molecular weight excluding hydrogens is 320 g/mol. The van der Waals surface area contributed by atoms with Crippen LogP contribution in [-0.2, 0) is 17.9 Å². The minimum atomic E-state index is -0.282. The van der Waals surface area contributed by atoms with Crippen LogP contribution in [0.15, 0.2) is 59.9 Å². The van der Waals surface area contributed by atoms with Crippen LogP contribution in [0.5, 0.6) is 0 Å². The van der Waals surface area contributed by atoms with E-state index in [0.29, 0.717) is 23.1 Å². The number of fused-ring (bicyclic) bond motifs is 3. The SMILES string of the molecule is O=C(Cn1ccc2c(cnc3ccnn32)c1=O)NCc1ccccn1. The molecule has 0 aromatic carbocycles. The predicted octanol–water partition coefficient (Wildman–Crippen LogP) is 0.756. The van der Waals surface area contributed by atoms with Gasteiger partial charge in [0.05, 0.1) is 29.3 Å². The molecule has 0 saturated carbocycles. The van der Waals surface area contributed by atoms with E-state index >= 15 is 0 Å². The Morgan fingerprint density at radius 1 is 1.12 bits per heavy atom. The van der Waals surface area contributed by atoms with Gasteiger partial charge in [0.25, 0.3) is 5.56 Å². The van der Waals surface area contributed by atoms with E-state index in [0.717, 1.165) is 5.69 Å². The Balaban J connectivity index is 1.57. The van der Waals surface area contributed by atoms with Crippen LogP contribution in [0, 0.1) is 0 Å². The van der Waals surface area contributed by atoms with Crippen molar-refractivity contribution in [1.29, 1.82) is 0 Å². The highest BCUT2D eigenvalue weighted by molar-refractivity contribution is 5.80. The number of nitrogens with zero attached hydrogens (tertiary/aromatic N) is 5. The van der Waals surface area contributed by atoms with Crippen LogP contribution in [0.25, 0.3) is 16.6 Å². The van der Waals surface area contributed by atoms with Crippen molar-refractivity contribution < 1.29 is 4.79 Å². The maximum atomic E-state index is 12.6. The van der Waals surface area contributed by atoms with E-state index in [1.165, 1.54) is 10.8 Å². The van der Waals surface area contributed by atoms with Gasteiger partial charge in [-0.3, -0.25) is 14.6 Å². The zero-order chi connectivity index (χ0) is 17.2. The number of rotatable bonds is 4. The van der Waals surface area contributed by atoms with Gasteiger partial charge in [0, 0.05) is 24.7 Å². The molecule has 0 fully saturated rings. The van der Waals surface area contributed by atoms with Crippen LogP contribution >= 0.6 is 0 Å². The Morgan fingerprint density at radius 3 is 2.88 bits per heavy atom. The molecule has 8 nitrogen and oxygen atoms in total. The summed E-state index contributed by atoms with van der Waals surface area (Å²) < 4.78 is 2.95. The summed E-state index contributed by atoms with van der Waals surface area (Å²) in [5.74, 6) is -0.264. The van der Waals surface area contributed by atoms with Crippen molar-refractivity contribution in [1.82, 2.24) is 29.5 Å². The molecule has 1 N–H and O–H groups in total.